The van der Waals surface area contributed by atoms with Gasteiger partial charge in [0.15, 0.2) is 0 Å². The molecule has 0 aliphatic heterocycles. The first-order valence-corrected chi connectivity index (χ1v) is 6.88. The number of nitrogens with two attached hydrogens (primary N) is 1. The molecule has 0 saturated heterocycles. The molecule has 6 nitrogen and oxygen atoms in total. The minimum absolute atomic E-state index is 0.235. The lowest BCUT2D eigenvalue weighted by Gasteiger charge is -2.05. The van der Waals surface area contributed by atoms with E-state index in [1.807, 2.05) is 13.8 Å². The number of aromatic amines is 1. The van der Waals surface area contributed by atoms with E-state index in [2.05, 4.69) is 4.98 Å². The number of H-pyrrole nitrogens is 1. The second-order valence-electron chi connectivity index (χ2n) is 4.28. The Kier molecular flexibility index (Phi) is 4.18. The van der Waals surface area contributed by atoms with E-state index in [0.717, 1.165) is 10.4 Å². The maximum atomic E-state index is 12.3. The molecule has 2 rings (SSSR count). The van der Waals surface area contributed by atoms with Gasteiger partial charge in [-0.15, -0.1) is 11.3 Å². The minimum atomic E-state index is -0.393. The number of rotatable bonds is 5. The predicted molar refractivity (Wildman–Crippen MR) is 76.1 cm³/mol. The van der Waals surface area contributed by atoms with Crippen LogP contribution in [-0.2, 0) is 11.3 Å². The molecule has 2 aromatic heterocycles. The van der Waals surface area contributed by atoms with Crippen molar-refractivity contribution >= 4 is 21.6 Å². The molecule has 104 valence electrons. The third kappa shape index (κ3) is 2.63. The van der Waals surface area contributed by atoms with Crippen molar-refractivity contribution in [3.05, 3.63) is 31.3 Å². The SMILES string of the molecule is Cc1sc2[nH]c(=O)n(CCOCCN)c(=O)c2c1C. The summed E-state index contributed by atoms with van der Waals surface area (Å²) in [6, 6.07) is 0. The van der Waals surface area contributed by atoms with E-state index in [-0.39, 0.29) is 12.1 Å². The van der Waals surface area contributed by atoms with Crippen LogP contribution in [0.5, 0.6) is 0 Å². The van der Waals surface area contributed by atoms with Crippen LogP contribution in [0.3, 0.4) is 0 Å². The summed E-state index contributed by atoms with van der Waals surface area (Å²) in [6.45, 7) is 5.21. The summed E-state index contributed by atoms with van der Waals surface area (Å²) in [5.41, 5.74) is 5.59. The molecular formula is C12H17N3O3S. The zero-order chi connectivity index (χ0) is 14.0. The van der Waals surface area contributed by atoms with Crippen LogP contribution in [0.2, 0.25) is 0 Å². The second-order valence-corrected chi connectivity index (χ2v) is 5.50. The molecule has 0 aliphatic rings. The van der Waals surface area contributed by atoms with Crippen molar-refractivity contribution in [1.29, 1.82) is 0 Å². The molecule has 0 bridgehead atoms. The van der Waals surface area contributed by atoms with Crippen molar-refractivity contribution in [1.82, 2.24) is 9.55 Å². The number of aromatic nitrogens is 2. The normalized spacial score (nSPS) is 11.3. The van der Waals surface area contributed by atoms with Crippen molar-refractivity contribution in [2.45, 2.75) is 20.4 Å². The summed E-state index contributed by atoms with van der Waals surface area (Å²) < 4.78 is 6.39. The predicted octanol–water partition coefficient (Wildman–Crippen LogP) is 0.343. The maximum Gasteiger partial charge on any atom is 0.329 e. The van der Waals surface area contributed by atoms with Gasteiger partial charge in [-0.2, -0.15) is 0 Å². The van der Waals surface area contributed by atoms with E-state index in [1.165, 1.54) is 15.9 Å². The van der Waals surface area contributed by atoms with Gasteiger partial charge in [0.25, 0.3) is 5.56 Å². The van der Waals surface area contributed by atoms with Crippen molar-refractivity contribution in [2.24, 2.45) is 5.73 Å². The number of nitrogens with one attached hydrogen (secondary N) is 1. The summed E-state index contributed by atoms with van der Waals surface area (Å²) in [5.74, 6) is 0. The van der Waals surface area contributed by atoms with Gasteiger partial charge < -0.3 is 10.5 Å². The Morgan fingerprint density at radius 1 is 1.32 bits per heavy atom. The highest BCUT2D eigenvalue weighted by Gasteiger charge is 2.13. The lowest BCUT2D eigenvalue weighted by molar-refractivity contribution is 0.131. The van der Waals surface area contributed by atoms with Crippen molar-refractivity contribution in [3.63, 3.8) is 0 Å². The van der Waals surface area contributed by atoms with Crippen molar-refractivity contribution in [2.75, 3.05) is 19.8 Å². The van der Waals surface area contributed by atoms with Crippen LogP contribution in [0.15, 0.2) is 9.59 Å². The van der Waals surface area contributed by atoms with Gasteiger partial charge in [0.2, 0.25) is 0 Å². The van der Waals surface area contributed by atoms with Gasteiger partial charge in [-0.05, 0) is 19.4 Å². The zero-order valence-electron chi connectivity index (χ0n) is 11.0. The van der Waals surface area contributed by atoms with Gasteiger partial charge in [0, 0.05) is 11.4 Å². The molecule has 0 atom stereocenters. The Labute approximate surface area is 113 Å². The number of ether oxygens (including phenoxy) is 1. The number of fused-ring (bicyclic) bond motifs is 1. The standard InChI is InChI=1S/C12H17N3O3S/c1-7-8(2)19-10-9(7)11(16)15(12(17)14-10)4-6-18-5-3-13/h3-6,13H2,1-2H3,(H,14,17). The maximum absolute atomic E-state index is 12.3. The molecule has 2 aromatic rings. The van der Waals surface area contributed by atoms with Crippen molar-refractivity contribution < 1.29 is 4.74 Å². The van der Waals surface area contributed by atoms with E-state index in [0.29, 0.717) is 30.0 Å². The monoisotopic (exact) mass is 283 g/mol. The lowest BCUT2D eigenvalue weighted by atomic mass is 10.2. The topological polar surface area (TPSA) is 90.1 Å². The third-order valence-corrected chi connectivity index (χ3v) is 4.15. The summed E-state index contributed by atoms with van der Waals surface area (Å²) in [6.07, 6.45) is 0. The Morgan fingerprint density at radius 3 is 2.74 bits per heavy atom. The third-order valence-electron chi connectivity index (χ3n) is 3.03. The second kappa shape index (κ2) is 5.68. The summed E-state index contributed by atoms with van der Waals surface area (Å²) in [5, 5.41) is 0.598. The summed E-state index contributed by atoms with van der Waals surface area (Å²) >= 11 is 1.43. The Morgan fingerprint density at radius 2 is 2.05 bits per heavy atom. The summed E-state index contributed by atoms with van der Waals surface area (Å²) in [7, 11) is 0. The van der Waals surface area contributed by atoms with E-state index in [4.69, 9.17) is 10.5 Å². The highest BCUT2D eigenvalue weighted by molar-refractivity contribution is 7.18. The minimum Gasteiger partial charge on any atom is -0.378 e. The van der Waals surface area contributed by atoms with Gasteiger partial charge in [-0.1, -0.05) is 0 Å². The molecule has 2 heterocycles. The molecule has 0 unspecified atom stereocenters. The zero-order valence-corrected chi connectivity index (χ0v) is 11.8. The number of hydrogen-bond acceptors (Lipinski definition) is 5. The molecular weight excluding hydrogens is 266 g/mol. The first-order valence-electron chi connectivity index (χ1n) is 6.07. The number of aryl methyl sites for hydroxylation is 2. The highest BCUT2D eigenvalue weighted by Crippen LogP contribution is 2.24. The van der Waals surface area contributed by atoms with Gasteiger partial charge in [-0.25, -0.2) is 4.79 Å². The Bertz CT molecular complexity index is 699. The molecule has 0 aromatic carbocycles. The fourth-order valence-electron chi connectivity index (χ4n) is 1.91. The molecule has 0 saturated carbocycles. The number of hydrogen-bond donors (Lipinski definition) is 2. The summed E-state index contributed by atoms with van der Waals surface area (Å²) in [4.78, 5) is 28.6. The number of thiophene rings is 1. The van der Waals surface area contributed by atoms with Gasteiger partial charge in [0.05, 0.1) is 25.1 Å². The average molecular weight is 283 g/mol. The van der Waals surface area contributed by atoms with Crippen LogP contribution >= 0.6 is 11.3 Å². The van der Waals surface area contributed by atoms with E-state index in [9.17, 15) is 9.59 Å². The smallest absolute Gasteiger partial charge is 0.329 e. The fraction of sp³-hybridized carbons (Fsp3) is 0.500. The van der Waals surface area contributed by atoms with Crippen LogP contribution < -0.4 is 17.0 Å². The lowest BCUT2D eigenvalue weighted by Crippen LogP contribution is -2.36. The molecule has 0 radical (unpaired) electrons. The van der Waals surface area contributed by atoms with Crippen LogP contribution in [-0.4, -0.2) is 29.3 Å². The van der Waals surface area contributed by atoms with Crippen LogP contribution in [0.1, 0.15) is 10.4 Å². The molecule has 19 heavy (non-hydrogen) atoms. The first-order chi connectivity index (χ1) is 9.06. The molecule has 0 amide bonds. The van der Waals surface area contributed by atoms with Crippen LogP contribution in [0.4, 0.5) is 0 Å². The van der Waals surface area contributed by atoms with Gasteiger partial charge in [0.1, 0.15) is 4.83 Å². The van der Waals surface area contributed by atoms with Gasteiger partial charge >= 0.3 is 5.69 Å². The van der Waals surface area contributed by atoms with Crippen LogP contribution in [0, 0.1) is 13.8 Å². The molecule has 3 N–H and O–H groups in total. The van der Waals surface area contributed by atoms with Crippen LogP contribution in [0.25, 0.3) is 10.2 Å². The molecule has 0 aliphatic carbocycles. The van der Waals surface area contributed by atoms with E-state index in [1.54, 1.807) is 0 Å². The van der Waals surface area contributed by atoms with Gasteiger partial charge in [-0.3, -0.25) is 14.3 Å². The fourth-order valence-corrected chi connectivity index (χ4v) is 2.95. The Hall–Kier alpha value is -1.44. The highest BCUT2D eigenvalue weighted by atomic mass is 32.1. The number of nitrogens with zero attached hydrogens (tertiary/aromatic N) is 1. The first kappa shape index (κ1) is 14.0. The van der Waals surface area contributed by atoms with Crippen molar-refractivity contribution in [3.8, 4) is 0 Å². The molecule has 0 fully saturated rings. The largest absolute Gasteiger partial charge is 0.378 e. The molecule has 7 heteroatoms. The quantitative estimate of drug-likeness (QED) is 0.774. The van der Waals surface area contributed by atoms with E-state index < -0.39 is 5.69 Å². The molecule has 0 spiro atoms. The Balaban J connectivity index is 2.41. The average Bonchev–Trinajstić information content (AvgIpc) is 2.64. The van der Waals surface area contributed by atoms with E-state index >= 15 is 0 Å².